The van der Waals surface area contributed by atoms with Crippen molar-refractivity contribution < 1.29 is 24.5 Å². The molecule has 4 radical (unpaired) electrons. The summed E-state index contributed by atoms with van der Waals surface area (Å²) >= 11 is 1.06. The molecular formula is C18H32FeN2O2. The Labute approximate surface area is 149 Å². The van der Waals surface area contributed by atoms with Crippen LogP contribution in [0.2, 0.25) is 0 Å². The molecule has 0 saturated carbocycles. The van der Waals surface area contributed by atoms with Crippen molar-refractivity contribution in [1.82, 2.24) is 0 Å². The maximum Gasteiger partial charge on any atom is 0.281 e. The van der Waals surface area contributed by atoms with Gasteiger partial charge in [-0.2, -0.15) is 0 Å². The second kappa shape index (κ2) is 17.6. The van der Waals surface area contributed by atoms with Crippen LogP contribution in [0.4, 0.5) is 0 Å². The van der Waals surface area contributed by atoms with Gasteiger partial charge >= 0.3 is 126 Å². The van der Waals surface area contributed by atoms with Gasteiger partial charge in [0.25, 0.3) is 13.6 Å². The molecule has 0 rings (SSSR count). The summed E-state index contributed by atoms with van der Waals surface area (Å²) in [6.07, 6.45) is 4.18. The van der Waals surface area contributed by atoms with Crippen LogP contribution < -0.4 is 0 Å². The predicted octanol–water partition coefficient (Wildman–Crippen LogP) is 3.69. The molecule has 0 aliphatic carbocycles. The summed E-state index contributed by atoms with van der Waals surface area (Å²) in [4.78, 5) is 25.3. The minimum Gasteiger partial charge on any atom is -0.281 e. The topological polar surface area (TPSA) is 58.9 Å². The first-order valence-electron chi connectivity index (χ1n) is 7.80. The molecule has 0 aromatic rings. The maximum absolute atomic E-state index is 7.50. The van der Waals surface area contributed by atoms with E-state index in [9.17, 15) is 0 Å². The van der Waals surface area contributed by atoms with Crippen LogP contribution in [0.3, 0.4) is 0 Å². The van der Waals surface area contributed by atoms with Crippen molar-refractivity contribution in [3.05, 3.63) is 0 Å². The molecule has 0 fully saturated rings. The van der Waals surface area contributed by atoms with Gasteiger partial charge in [-0.15, -0.1) is 0 Å². The van der Waals surface area contributed by atoms with Gasteiger partial charge in [0, 0.05) is 0 Å². The molecule has 2 atom stereocenters. The molecule has 0 heterocycles. The van der Waals surface area contributed by atoms with E-state index in [1.165, 1.54) is 0 Å². The van der Waals surface area contributed by atoms with Crippen molar-refractivity contribution in [2.75, 3.05) is 0 Å². The van der Waals surface area contributed by atoms with E-state index in [1.54, 1.807) is 0 Å². The van der Waals surface area contributed by atoms with Gasteiger partial charge in [-0.1, -0.05) is 0 Å². The van der Waals surface area contributed by atoms with Crippen LogP contribution in [0.25, 0.3) is 0 Å². The zero-order valence-corrected chi connectivity index (χ0v) is 16.8. The van der Waals surface area contributed by atoms with E-state index in [0.29, 0.717) is 33.6 Å². The Kier molecular flexibility index (Phi) is 20.7. The molecule has 0 spiro atoms. The van der Waals surface area contributed by atoms with Crippen LogP contribution in [-0.2, 0) is 24.5 Å². The third kappa shape index (κ3) is 17.4. The van der Waals surface area contributed by atoms with Crippen LogP contribution in [0.5, 0.6) is 0 Å². The zero-order chi connectivity index (χ0) is 19.0. The van der Waals surface area contributed by atoms with Gasteiger partial charge in [-0.05, 0) is 0 Å². The van der Waals surface area contributed by atoms with Crippen LogP contribution in [0.1, 0.15) is 55.4 Å². The van der Waals surface area contributed by atoms with E-state index in [2.05, 4.69) is 81.4 Å². The van der Waals surface area contributed by atoms with Crippen molar-refractivity contribution >= 4 is 26.0 Å². The van der Waals surface area contributed by atoms with Crippen LogP contribution >= 0.6 is 0 Å². The Morgan fingerprint density at radius 3 is 1.09 bits per heavy atom. The first-order valence-corrected chi connectivity index (χ1v) is 9.08. The SMILES string of the molecule is CC(C)C=N[CH]([Fe][CH](N=CC(C)C)C(C)C)C(C)C.[C]=O.[C]=O. The first kappa shape index (κ1) is 27.1. The molecule has 4 nitrogen and oxygen atoms in total. The summed E-state index contributed by atoms with van der Waals surface area (Å²) in [6.45, 7) is 26.7. The number of hydrogen-bond donors (Lipinski definition) is 0. The molecule has 23 heavy (non-hydrogen) atoms. The van der Waals surface area contributed by atoms with E-state index >= 15 is 0 Å². The molecule has 0 saturated heterocycles. The normalized spacial score (nSPS) is 14.3. The van der Waals surface area contributed by atoms with Crippen molar-refractivity contribution in [3.63, 3.8) is 0 Å². The molecule has 0 aliphatic heterocycles. The summed E-state index contributed by atoms with van der Waals surface area (Å²) < 4.78 is 0. The standard InChI is InChI=1S/2C8H16N.2CO.Fe/c2*1-7(2)5-9-6-8(3)4;2*1-2;/h2*5-8H,1-4H3;;;. The van der Waals surface area contributed by atoms with Gasteiger partial charge < -0.3 is 0 Å². The van der Waals surface area contributed by atoms with Gasteiger partial charge in [0.05, 0.1) is 0 Å². The maximum atomic E-state index is 7.50. The van der Waals surface area contributed by atoms with Crippen LogP contribution in [0.15, 0.2) is 9.98 Å². The first-order chi connectivity index (χ1) is 10.7. The monoisotopic (exact) mass is 364 g/mol. The molecule has 0 aliphatic rings. The minimum absolute atomic E-state index is 0.388. The molecule has 0 N–H and O–H groups in total. The smallest absolute Gasteiger partial charge is 0.281 e. The van der Waals surface area contributed by atoms with Gasteiger partial charge in [0.15, 0.2) is 0 Å². The number of hydrogen-bond acceptors (Lipinski definition) is 4. The molecule has 2 unspecified atom stereocenters. The third-order valence-electron chi connectivity index (χ3n) is 2.36. The summed E-state index contributed by atoms with van der Waals surface area (Å²) in [5.74, 6) is 2.20. The van der Waals surface area contributed by atoms with E-state index in [1.807, 2.05) is 0 Å². The molecular weight excluding hydrogens is 332 g/mol. The van der Waals surface area contributed by atoms with E-state index in [4.69, 9.17) is 19.6 Å². The fourth-order valence-electron chi connectivity index (χ4n) is 1.31. The quantitative estimate of drug-likeness (QED) is 0.487. The van der Waals surface area contributed by atoms with Gasteiger partial charge in [-0.25, -0.2) is 0 Å². The molecule has 0 aromatic carbocycles. The summed E-state index contributed by atoms with van der Waals surface area (Å²) in [5, 5.41) is 0. The van der Waals surface area contributed by atoms with Crippen molar-refractivity contribution in [2.24, 2.45) is 33.7 Å². The van der Waals surface area contributed by atoms with Crippen molar-refractivity contribution in [3.8, 4) is 0 Å². The number of carbonyl (C=O) groups excluding carboxylic acids is 2. The van der Waals surface area contributed by atoms with E-state index in [-0.39, 0.29) is 0 Å². The number of nitrogens with zero attached hydrogens (tertiary/aromatic N) is 2. The van der Waals surface area contributed by atoms with Gasteiger partial charge in [0.2, 0.25) is 0 Å². The molecule has 134 valence electrons. The summed E-state index contributed by atoms with van der Waals surface area (Å²) in [6, 6.07) is 0. The summed E-state index contributed by atoms with van der Waals surface area (Å²) in [7, 11) is 0. The Morgan fingerprint density at radius 2 is 0.913 bits per heavy atom. The molecule has 0 amide bonds. The molecule has 0 bridgehead atoms. The fourth-order valence-corrected chi connectivity index (χ4v) is 2.92. The Morgan fingerprint density at radius 1 is 0.652 bits per heavy atom. The van der Waals surface area contributed by atoms with Crippen molar-refractivity contribution in [1.29, 1.82) is 0 Å². The predicted molar refractivity (Wildman–Crippen MR) is 95.3 cm³/mol. The largest absolute Gasteiger partial charge is 0.281 e. The summed E-state index contributed by atoms with van der Waals surface area (Å²) in [5.41, 5.74) is 0. The zero-order valence-electron chi connectivity index (χ0n) is 15.7. The van der Waals surface area contributed by atoms with Gasteiger partial charge in [-0.3, -0.25) is 9.59 Å². The average Bonchev–Trinajstić information content (AvgIpc) is 2.49. The second-order valence-corrected chi connectivity index (χ2v) is 8.08. The number of rotatable bonds is 8. The molecule has 5 heteroatoms. The van der Waals surface area contributed by atoms with E-state index < -0.39 is 0 Å². The minimum atomic E-state index is 0.388. The Balaban J connectivity index is -0.000000919. The van der Waals surface area contributed by atoms with Crippen molar-refractivity contribution in [2.45, 2.75) is 65.3 Å². The second-order valence-electron chi connectivity index (χ2n) is 6.41. The molecule has 0 aromatic heterocycles. The van der Waals surface area contributed by atoms with Crippen LogP contribution in [0, 0.1) is 23.7 Å². The Hall–Kier alpha value is -0.801. The van der Waals surface area contributed by atoms with E-state index in [0.717, 1.165) is 15.0 Å². The third-order valence-corrected chi connectivity index (χ3v) is 4.91. The Bertz CT molecular complexity index is 286. The number of aliphatic imine (C=N–C) groups is 2. The van der Waals surface area contributed by atoms with Crippen LogP contribution in [-0.4, -0.2) is 35.9 Å². The average molecular weight is 364 g/mol. The fraction of sp³-hybridized carbons (Fsp3) is 0.778. The van der Waals surface area contributed by atoms with Gasteiger partial charge in [0.1, 0.15) is 0 Å².